The van der Waals surface area contributed by atoms with E-state index in [0.717, 1.165) is 25.9 Å². The van der Waals surface area contributed by atoms with E-state index in [1.165, 1.54) is 0 Å². The number of hydrogen-bond acceptors (Lipinski definition) is 6. The summed E-state index contributed by atoms with van der Waals surface area (Å²) < 4.78 is 0. The summed E-state index contributed by atoms with van der Waals surface area (Å²) in [5.41, 5.74) is 0.475. The van der Waals surface area contributed by atoms with Crippen LogP contribution in [-0.4, -0.2) is 90.3 Å². The van der Waals surface area contributed by atoms with Gasteiger partial charge < -0.3 is 20.0 Å². The molecule has 1 saturated heterocycles. The molecule has 0 unspecified atom stereocenters. The van der Waals surface area contributed by atoms with Crippen molar-refractivity contribution >= 4 is 18.3 Å². The van der Waals surface area contributed by atoms with Crippen LogP contribution in [0.25, 0.3) is 0 Å². The average Bonchev–Trinajstić information content (AvgIpc) is 2.58. The van der Waals surface area contributed by atoms with Crippen molar-refractivity contribution in [3.8, 4) is 0 Å². The monoisotopic (exact) mass is 320 g/mol. The standard InChI is InChI=1S/C15H24N6O2/c1-19(2)5-3-4-16-15-17-10-13(11-18-15)14(23)21-8-6-20(12-22)7-9-21/h10-12H,3-9H2,1-2H3,(H,16,17,18). The number of carbonyl (C=O) groups excluding carboxylic acids is 2. The molecule has 0 saturated carbocycles. The first kappa shape index (κ1) is 17.1. The van der Waals surface area contributed by atoms with Gasteiger partial charge in [-0.15, -0.1) is 0 Å². The molecular formula is C15H24N6O2. The van der Waals surface area contributed by atoms with Gasteiger partial charge in [0.15, 0.2) is 0 Å². The van der Waals surface area contributed by atoms with Crippen LogP contribution in [0.5, 0.6) is 0 Å². The van der Waals surface area contributed by atoms with Gasteiger partial charge in [-0.3, -0.25) is 9.59 Å². The van der Waals surface area contributed by atoms with Gasteiger partial charge in [-0.1, -0.05) is 0 Å². The molecule has 2 rings (SSSR count). The minimum Gasteiger partial charge on any atom is -0.354 e. The average molecular weight is 320 g/mol. The number of piperazine rings is 1. The predicted molar refractivity (Wildman–Crippen MR) is 87.2 cm³/mol. The molecule has 1 N–H and O–H groups in total. The van der Waals surface area contributed by atoms with Crippen molar-refractivity contribution in [1.29, 1.82) is 0 Å². The number of anilines is 1. The van der Waals surface area contributed by atoms with Gasteiger partial charge in [0.05, 0.1) is 5.56 Å². The highest BCUT2D eigenvalue weighted by Gasteiger charge is 2.21. The van der Waals surface area contributed by atoms with Gasteiger partial charge in [0.1, 0.15) is 0 Å². The lowest BCUT2D eigenvalue weighted by atomic mass is 10.2. The van der Waals surface area contributed by atoms with E-state index in [1.54, 1.807) is 22.2 Å². The van der Waals surface area contributed by atoms with E-state index in [9.17, 15) is 9.59 Å². The Morgan fingerprint density at radius 3 is 2.48 bits per heavy atom. The first-order valence-corrected chi connectivity index (χ1v) is 7.79. The van der Waals surface area contributed by atoms with Crippen molar-refractivity contribution in [2.24, 2.45) is 0 Å². The number of carbonyl (C=O) groups is 2. The second-order valence-corrected chi connectivity index (χ2v) is 5.81. The summed E-state index contributed by atoms with van der Waals surface area (Å²) in [5.74, 6) is 0.445. The van der Waals surface area contributed by atoms with Crippen LogP contribution in [0.1, 0.15) is 16.8 Å². The highest BCUT2D eigenvalue weighted by molar-refractivity contribution is 5.93. The van der Waals surface area contributed by atoms with Gasteiger partial charge >= 0.3 is 0 Å². The zero-order valence-electron chi connectivity index (χ0n) is 13.7. The summed E-state index contributed by atoms with van der Waals surface area (Å²) in [4.78, 5) is 36.9. The van der Waals surface area contributed by atoms with E-state index < -0.39 is 0 Å². The first-order valence-electron chi connectivity index (χ1n) is 7.79. The molecule has 126 valence electrons. The van der Waals surface area contributed by atoms with Crippen LogP contribution >= 0.6 is 0 Å². The maximum Gasteiger partial charge on any atom is 0.257 e. The van der Waals surface area contributed by atoms with E-state index in [1.807, 2.05) is 14.1 Å². The SMILES string of the molecule is CN(C)CCCNc1ncc(C(=O)N2CCN(C=O)CC2)cn1. The van der Waals surface area contributed by atoms with Crippen molar-refractivity contribution < 1.29 is 9.59 Å². The highest BCUT2D eigenvalue weighted by Crippen LogP contribution is 2.08. The molecule has 1 fully saturated rings. The Morgan fingerprint density at radius 2 is 1.91 bits per heavy atom. The molecule has 2 heterocycles. The number of hydrogen-bond donors (Lipinski definition) is 1. The third kappa shape index (κ3) is 5.17. The maximum atomic E-state index is 12.4. The summed E-state index contributed by atoms with van der Waals surface area (Å²) in [6.07, 6.45) is 4.92. The van der Waals surface area contributed by atoms with Crippen molar-refractivity contribution in [1.82, 2.24) is 24.7 Å². The fraction of sp³-hybridized carbons (Fsp3) is 0.600. The van der Waals surface area contributed by atoms with Crippen molar-refractivity contribution in [3.05, 3.63) is 18.0 Å². The van der Waals surface area contributed by atoms with E-state index in [0.29, 0.717) is 37.7 Å². The molecular weight excluding hydrogens is 296 g/mol. The second-order valence-electron chi connectivity index (χ2n) is 5.81. The second kappa shape index (κ2) is 8.42. The third-order valence-electron chi connectivity index (χ3n) is 3.71. The lowest BCUT2D eigenvalue weighted by Crippen LogP contribution is -2.48. The molecule has 8 nitrogen and oxygen atoms in total. The molecule has 1 aromatic heterocycles. The number of amides is 2. The van der Waals surface area contributed by atoms with Gasteiger partial charge in [0, 0.05) is 45.1 Å². The van der Waals surface area contributed by atoms with Crippen molar-refractivity contribution in [2.75, 3.05) is 58.7 Å². The van der Waals surface area contributed by atoms with E-state index in [4.69, 9.17) is 0 Å². The topological polar surface area (TPSA) is 81.7 Å². The number of nitrogens with one attached hydrogen (secondary N) is 1. The molecule has 1 aliphatic rings. The van der Waals surface area contributed by atoms with E-state index >= 15 is 0 Å². The normalized spacial score (nSPS) is 14.9. The Hall–Kier alpha value is -2.22. The fourth-order valence-electron chi connectivity index (χ4n) is 2.34. The summed E-state index contributed by atoms with van der Waals surface area (Å²) >= 11 is 0. The number of nitrogens with zero attached hydrogens (tertiary/aromatic N) is 5. The van der Waals surface area contributed by atoms with Crippen LogP contribution in [0.15, 0.2) is 12.4 Å². The van der Waals surface area contributed by atoms with Gasteiger partial charge in [-0.25, -0.2) is 9.97 Å². The highest BCUT2D eigenvalue weighted by atomic mass is 16.2. The van der Waals surface area contributed by atoms with E-state index in [-0.39, 0.29) is 5.91 Å². The molecule has 0 aromatic carbocycles. The van der Waals surface area contributed by atoms with Crippen LogP contribution < -0.4 is 5.32 Å². The smallest absolute Gasteiger partial charge is 0.257 e. The first-order chi connectivity index (χ1) is 11.1. The summed E-state index contributed by atoms with van der Waals surface area (Å²) in [6, 6.07) is 0. The summed E-state index contributed by atoms with van der Waals surface area (Å²) in [6.45, 7) is 4.02. The number of rotatable bonds is 7. The Labute approximate surface area is 136 Å². The lowest BCUT2D eigenvalue weighted by Gasteiger charge is -2.32. The van der Waals surface area contributed by atoms with Crippen LogP contribution in [-0.2, 0) is 4.79 Å². The minimum atomic E-state index is -0.0882. The van der Waals surface area contributed by atoms with Crippen LogP contribution in [0.2, 0.25) is 0 Å². The summed E-state index contributed by atoms with van der Waals surface area (Å²) in [7, 11) is 4.07. The van der Waals surface area contributed by atoms with Crippen molar-refractivity contribution in [3.63, 3.8) is 0 Å². The Balaban J connectivity index is 1.82. The molecule has 1 aliphatic heterocycles. The Bertz CT molecular complexity index is 511. The number of aromatic nitrogens is 2. The van der Waals surface area contributed by atoms with Gasteiger partial charge in [0.25, 0.3) is 5.91 Å². The Morgan fingerprint density at radius 1 is 1.26 bits per heavy atom. The maximum absolute atomic E-state index is 12.4. The molecule has 23 heavy (non-hydrogen) atoms. The van der Waals surface area contributed by atoms with Crippen LogP contribution in [0.4, 0.5) is 5.95 Å². The Kier molecular flexibility index (Phi) is 6.28. The predicted octanol–water partition coefficient (Wildman–Crippen LogP) is -0.246. The molecule has 8 heteroatoms. The molecule has 0 aliphatic carbocycles. The summed E-state index contributed by atoms with van der Waals surface area (Å²) in [5, 5.41) is 3.14. The van der Waals surface area contributed by atoms with E-state index in [2.05, 4.69) is 20.2 Å². The third-order valence-corrected chi connectivity index (χ3v) is 3.71. The molecule has 2 amide bonds. The largest absolute Gasteiger partial charge is 0.354 e. The molecule has 0 radical (unpaired) electrons. The molecule has 0 bridgehead atoms. The van der Waals surface area contributed by atoms with Gasteiger partial charge in [-0.2, -0.15) is 0 Å². The minimum absolute atomic E-state index is 0.0882. The van der Waals surface area contributed by atoms with Crippen LogP contribution in [0.3, 0.4) is 0 Å². The zero-order chi connectivity index (χ0) is 16.7. The molecule has 0 atom stereocenters. The van der Waals surface area contributed by atoms with Crippen LogP contribution in [0, 0.1) is 0 Å². The van der Waals surface area contributed by atoms with Gasteiger partial charge in [0.2, 0.25) is 12.4 Å². The fourth-order valence-corrected chi connectivity index (χ4v) is 2.34. The quantitative estimate of drug-likeness (QED) is 0.551. The molecule has 1 aromatic rings. The zero-order valence-corrected chi connectivity index (χ0v) is 13.7. The van der Waals surface area contributed by atoms with Gasteiger partial charge in [-0.05, 0) is 27.1 Å². The lowest BCUT2D eigenvalue weighted by molar-refractivity contribution is -0.119. The van der Waals surface area contributed by atoms with Crippen molar-refractivity contribution in [2.45, 2.75) is 6.42 Å². The molecule has 0 spiro atoms.